The van der Waals surface area contributed by atoms with Crippen molar-refractivity contribution < 1.29 is 23.5 Å². The molecule has 1 fully saturated rings. The lowest BCUT2D eigenvalue weighted by Crippen LogP contribution is -2.57. The Balaban J connectivity index is 1.44. The molecule has 2 aromatic rings. The van der Waals surface area contributed by atoms with Crippen molar-refractivity contribution in [3.8, 4) is 0 Å². The summed E-state index contributed by atoms with van der Waals surface area (Å²) in [7, 11) is 1.58. The Morgan fingerprint density at radius 2 is 1.70 bits per heavy atom. The van der Waals surface area contributed by atoms with Crippen LogP contribution in [0, 0.1) is 5.82 Å². The Hall–Kier alpha value is -3.10. The van der Waals surface area contributed by atoms with Crippen molar-refractivity contribution in [1.29, 1.82) is 0 Å². The van der Waals surface area contributed by atoms with E-state index < -0.39 is 5.82 Å². The molecular weight excluding hydrogens is 425 g/mol. The third kappa shape index (κ3) is 4.41. The molecule has 2 aromatic carbocycles. The molecule has 0 saturated carbocycles. The number of carbonyl (C=O) groups excluding carboxylic acids is 3. The van der Waals surface area contributed by atoms with Gasteiger partial charge in [0, 0.05) is 39.7 Å². The predicted octanol–water partition coefficient (Wildman–Crippen LogP) is 2.95. The average molecular weight is 454 g/mol. The van der Waals surface area contributed by atoms with Crippen molar-refractivity contribution in [1.82, 2.24) is 9.80 Å². The van der Waals surface area contributed by atoms with Gasteiger partial charge < -0.3 is 9.64 Å². The van der Waals surface area contributed by atoms with Crippen LogP contribution < -0.4 is 4.90 Å². The second-order valence-electron chi connectivity index (χ2n) is 8.31. The number of hydrogen-bond donors (Lipinski definition) is 0. The van der Waals surface area contributed by atoms with Crippen LogP contribution >= 0.6 is 0 Å². The maximum atomic E-state index is 14.6. The van der Waals surface area contributed by atoms with Crippen molar-refractivity contribution in [2.75, 3.05) is 38.2 Å². The summed E-state index contributed by atoms with van der Waals surface area (Å²) in [5.74, 6) is -1.14. The number of hydrogen-bond acceptors (Lipinski definition) is 5. The predicted molar refractivity (Wildman–Crippen MR) is 122 cm³/mol. The van der Waals surface area contributed by atoms with Gasteiger partial charge in [-0.1, -0.05) is 31.2 Å². The number of ether oxygens (including phenoxy) is 1. The van der Waals surface area contributed by atoms with Crippen LogP contribution in [0.25, 0.3) is 0 Å². The first-order valence-electron chi connectivity index (χ1n) is 11.2. The molecule has 2 atom stereocenters. The van der Waals surface area contributed by atoms with E-state index in [9.17, 15) is 18.8 Å². The second kappa shape index (κ2) is 9.80. The highest BCUT2D eigenvalue weighted by molar-refractivity contribution is 6.21. The van der Waals surface area contributed by atoms with Crippen molar-refractivity contribution in [3.63, 3.8) is 0 Å². The minimum absolute atomic E-state index is 0.161. The molecule has 2 aliphatic rings. The molecule has 7 nitrogen and oxygen atoms in total. The number of halogens is 1. The first-order chi connectivity index (χ1) is 16.0. The largest absolute Gasteiger partial charge is 0.378 e. The summed E-state index contributed by atoms with van der Waals surface area (Å²) in [6.45, 7) is 3.68. The van der Waals surface area contributed by atoms with Crippen LogP contribution in [0.4, 0.5) is 10.1 Å². The van der Waals surface area contributed by atoms with Gasteiger partial charge in [-0.3, -0.25) is 24.2 Å². The fraction of sp³-hybridized carbons (Fsp3) is 0.400. The highest BCUT2D eigenvalue weighted by atomic mass is 19.1. The number of methoxy groups -OCH3 is 1. The highest BCUT2D eigenvalue weighted by Crippen LogP contribution is 2.29. The van der Waals surface area contributed by atoms with E-state index in [1.165, 1.54) is 15.9 Å². The van der Waals surface area contributed by atoms with E-state index in [4.69, 9.17) is 4.74 Å². The van der Waals surface area contributed by atoms with Gasteiger partial charge in [-0.05, 0) is 30.7 Å². The summed E-state index contributed by atoms with van der Waals surface area (Å²) >= 11 is 0. The number of nitrogens with zero attached hydrogens (tertiary/aromatic N) is 3. The molecule has 1 saturated heterocycles. The zero-order valence-electron chi connectivity index (χ0n) is 18.9. The maximum absolute atomic E-state index is 14.6. The van der Waals surface area contributed by atoms with Crippen LogP contribution in [0.15, 0.2) is 48.5 Å². The highest BCUT2D eigenvalue weighted by Gasteiger charge is 2.39. The number of likely N-dealkylation sites (tertiary alicyclic amines) is 1. The number of imide groups is 1. The van der Waals surface area contributed by atoms with Gasteiger partial charge in [-0.25, -0.2) is 4.39 Å². The Morgan fingerprint density at radius 3 is 2.30 bits per heavy atom. The van der Waals surface area contributed by atoms with Crippen molar-refractivity contribution in [3.05, 3.63) is 65.5 Å². The van der Waals surface area contributed by atoms with E-state index in [0.29, 0.717) is 37.2 Å². The molecule has 2 heterocycles. The zero-order chi connectivity index (χ0) is 23.5. The normalized spacial score (nSPS) is 20.8. The van der Waals surface area contributed by atoms with Crippen molar-refractivity contribution in [2.45, 2.75) is 31.9 Å². The Kier molecular flexibility index (Phi) is 6.85. The smallest absolute Gasteiger partial charge is 0.261 e. The van der Waals surface area contributed by atoms with Gasteiger partial charge in [0.2, 0.25) is 5.91 Å². The zero-order valence-corrected chi connectivity index (χ0v) is 18.9. The minimum Gasteiger partial charge on any atom is -0.378 e. The number of benzene rings is 2. The first-order valence-corrected chi connectivity index (χ1v) is 11.2. The van der Waals surface area contributed by atoms with Gasteiger partial charge in [0.1, 0.15) is 5.82 Å². The van der Waals surface area contributed by atoms with Gasteiger partial charge in [0.15, 0.2) is 0 Å². The lowest BCUT2D eigenvalue weighted by atomic mass is 9.98. The summed E-state index contributed by atoms with van der Waals surface area (Å²) in [6, 6.07) is 12.8. The fourth-order valence-electron chi connectivity index (χ4n) is 4.70. The molecule has 4 rings (SSSR count). The molecule has 174 valence electrons. The molecule has 0 spiro atoms. The van der Waals surface area contributed by atoms with E-state index in [2.05, 4.69) is 4.90 Å². The molecule has 0 N–H and O–H groups in total. The molecule has 0 aromatic heterocycles. The number of anilines is 1. The number of para-hydroxylation sites is 1. The van der Waals surface area contributed by atoms with Crippen LogP contribution in [-0.2, 0) is 9.53 Å². The van der Waals surface area contributed by atoms with E-state index >= 15 is 0 Å². The lowest BCUT2D eigenvalue weighted by molar-refractivity contribution is -0.120. The van der Waals surface area contributed by atoms with Crippen LogP contribution in [-0.4, -0.2) is 73.0 Å². The summed E-state index contributed by atoms with van der Waals surface area (Å²) < 4.78 is 20.3. The maximum Gasteiger partial charge on any atom is 0.261 e. The molecule has 0 bridgehead atoms. The van der Waals surface area contributed by atoms with Crippen LogP contribution in [0.2, 0.25) is 0 Å². The number of fused-ring (bicyclic) bond motifs is 1. The van der Waals surface area contributed by atoms with E-state index in [1.54, 1.807) is 56.5 Å². The van der Waals surface area contributed by atoms with Gasteiger partial charge in [0.25, 0.3) is 11.8 Å². The number of carbonyl (C=O) groups is 3. The van der Waals surface area contributed by atoms with Crippen LogP contribution in [0.5, 0.6) is 0 Å². The third-order valence-corrected chi connectivity index (χ3v) is 6.44. The van der Waals surface area contributed by atoms with Crippen molar-refractivity contribution in [2.24, 2.45) is 0 Å². The third-order valence-electron chi connectivity index (χ3n) is 6.44. The fourth-order valence-corrected chi connectivity index (χ4v) is 4.70. The molecule has 3 amide bonds. The van der Waals surface area contributed by atoms with E-state index in [0.717, 1.165) is 0 Å². The number of rotatable bonds is 7. The standard InChI is InChI=1S/C25H28FN3O4/c1-3-23(30)29(20-11-7-6-10-19(20)26)21-12-13-27(16-22(21)33-2)14-15-28-24(31)17-8-4-5-9-18(17)25(28)32/h4-11,21-22H,3,12-16H2,1-2H3/t21-,22+/m1/s1. The monoisotopic (exact) mass is 453 g/mol. The first kappa shape index (κ1) is 23.1. The molecular formula is C25H28FN3O4. The topological polar surface area (TPSA) is 70.2 Å². The summed E-state index contributed by atoms with van der Waals surface area (Å²) in [4.78, 5) is 43.0. The molecule has 0 aliphatic carbocycles. The van der Waals surface area contributed by atoms with Crippen LogP contribution in [0.1, 0.15) is 40.5 Å². The number of piperidine rings is 1. The second-order valence-corrected chi connectivity index (χ2v) is 8.31. The Bertz CT molecular complexity index is 1020. The van der Waals surface area contributed by atoms with E-state index in [1.807, 2.05) is 0 Å². The molecule has 0 radical (unpaired) electrons. The minimum atomic E-state index is -0.442. The average Bonchev–Trinajstić information content (AvgIpc) is 3.09. The Morgan fingerprint density at radius 1 is 1.06 bits per heavy atom. The molecule has 33 heavy (non-hydrogen) atoms. The van der Waals surface area contributed by atoms with Gasteiger partial charge >= 0.3 is 0 Å². The summed E-state index contributed by atoms with van der Waals surface area (Å²) in [6.07, 6.45) is 0.502. The van der Waals surface area contributed by atoms with Gasteiger partial charge in [0.05, 0.1) is 29.0 Å². The summed E-state index contributed by atoms with van der Waals surface area (Å²) in [5.41, 5.74) is 1.14. The van der Waals surface area contributed by atoms with Gasteiger partial charge in [-0.2, -0.15) is 0 Å². The Labute approximate surface area is 192 Å². The van der Waals surface area contributed by atoms with Crippen LogP contribution in [0.3, 0.4) is 0 Å². The van der Waals surface area contributed by atoms with Gasteiger partial charge in [-0.15, -0.1) is 0 Å². The molecule has 8 heteroatoms. The molecule has 2 aliphatic heterocycles. The van der Waals surface area contributed by atoms with Crippen molar-refractivity contribution >= 4 is 23.4 Å². The molecule has 0 unspecified atom stereocenters. The van der Waals surface area contributed by atoms with E-state index in [-0.39, 0.29) is 48.5 Å². The summed E-state index contributed by atoms with van der Waals surface area (Å²) in [5, 5.41) is 0. The number of amides is 3. The SMILES string of the molecule is CCC(=O)N(c1ccccc1F)[C@@H]1CCN(CCN2C(=O)c3ccccc3C2=O)C[C@@H]1OC. The quantitative estimate of drug-likeness (QED) is 0.603. The lowest BCUT2D eigenvalue weighted by Gasteiger charge is -2.43.